The number of allylic oxidation sites excluding steroid dienone is 2. The molecule has 8 N–H and O–H groups in total. The van der Waals surface area contributed by atoms with Crippen molar-refractivity contribution in [2.45, 2.75) is 6.92 Å². The third-order valence-corrected chi connectivity index (χ3v) is 10.9. The number of thiophene rings is 1. The highest BCUT2D eigenvalue weighted by molar-refractivity contribution is 7.26. The number of nitrogens with one attached hydrogen (secondary N) is 1. The van der Waals surface area contributed by atoms with Crippen LogP contribution in [0, 0.1) is 0 Å². The molecule has 0 aliphatic carbocycles. The molecule has 0 amide bonds. The number of furan rings is 1. The van der Waals surface area contributed by atoms with Crippen LogP contribution in [0.3, 0.4) is 0 Å². The van der Waals surface area contributed by atoms with Gasteiger partial charge in [0.2, 0.25) is 17.2 Å². The molecule has 9 aromatic rings. The van der Waals surface area contributed by atoms with Crippen molar-refractivity contribution in [1.29, 1.82) is 0 Å². The zero-order valence-electron chi connectivity index (χ0n) is 29.9. The molecule has 11 nitrogen and oxygen atoms in total. The molecule has 0 fully saturated rings. The number of anilines is 1. The number of phenols is 7. The first-order valence-electron chi connectivity index (χ1n) is 17.2. The Kier molecular flexibility index (Phi) is 8.54. The minimum absolute atomic E-state index is 0.157. The molecule has 2 aromatic heterocycles. The van der Waals surface area contributed by atoms with E-state index in [4.69, 9.17) is 9.41 Å². The number of para-hydroxylation sites is 1. The number of rotatable bonds is 5. The Bertz CT molecular complexity index is 3210. The summed E-state index contributed by atoms with van der Waals surface area (Å²) in [5, 5.41) is 85.3. The molecule has 2 heterocycles. The van der Waals surface area contributed by atoms with Gasteiger partial charge in [0.25, 0.3) is 0 Å². The first-order chi connectivity index (χ1) is 27.1. The SMILES string of the molecule is C=CC.C=N/C=C\C(=Nc1c2oc3ccccc3c2cc2ccc3cc4c(sc5ccccc54)c(NC)c3c12)c1c(O)c(O)c(O)c2c(O)c(O)c(O)c(O)c12. The number of fused-ring (bicyclic) bond motifs is 10. The van der Waals surface area contributed by atoms with E-state index in [1.165, 1.54) is 12.3 Å². The van der Waals surface area contributed by atoms with E-state index in [-0.39, 0.29) is 5.71 Å². The Morgan fingerprint density at radius 3 is 1.96 bits per heavy atom. The predicted octanol–water partition coefficient (Wildman–Crippen LogP) is 10.9. The van der Waals surface area contributed by atoms with E-state index >= 15 is 0 Å². The molecule has 56 heavy (non-hydrogen) atoms. The highest BCUT2D eigenvalue weighted by atomic mass is 32.1. The summed E-state index contributed by atoms with van der Waals surface area (Å²) in [6.45, 7) is 8.76. The van der Waals surface area contributed by atoms with E-state index in [2.05, 4.69) is 41.8 Å². The second-order valence-corrected chi connectivity index (χ2v) is 14.0. The van der Waals surface area contributed by atoms with Crippen molar-refractivity contribution in [2.75, 3.05) is 12.4 Å². The van der Waals surface area contributed by atoms with Gasteiger partial charge in [-0.3, -0.25) is 4.99 Å². The van der Waals surface area contributed by atoms with Gasteiger partial charge in [0, 0.05) is 55.7 Å². The van der Waals surface area contributed by atoms with Gasteiger partial charge in [-0.1, -0.05) is 54.6 Å². The Labute approximate surface area is 321 Å². The normalized spacial score (nSPS) is 12.1. The van der Waals surface area contributed by atoms with Crippen LogP contribution in [0.5, 0.6) is 40.2 Å². The van der Waals surface area contributed by atoms with Crippen molar-refractivity contribution in [3.05, 3.63) is 103 Å². The molecular formula is C44H33N3O8S. The summed E-state index contributed by atoms with van der Waals surface area (Å²) in [5.41, 5.74) is 1.53. The molecule has 7 aromatic carbocycles. The van der Waals surface area contributed by atoms with E-state index in [0.717, 1.165) is 52.8 Å². The first-order valence-corrected chi connectivity index (χ1v) is 18.0. The maximum Gasteiger partial charge on any atom is 0.205 e. The number of hydrogen-bond acceptors (Lipinski definition) is 12. The minimum Gasteiger partial charge on any atom is -0.504 e. The van der Waals surface area contributed by atoms with E-state index in [0.29, 0.717) is 22.2 Å². The molecule has 0 bridgehead atoms. The molecule has 0 aliphatic heterocycles. The summed E-state index contributed by atoms with van der Waals surface area (Å²) in [6.07, 6.45) is 4.34. The van der Waals surface area contributed by atoms with Gasteiger partial charge in [-0.2, -0.15) is 0 Å². The zero-order valence-corrected chi connectivity index (χ0v) is 30.7. The Balaban J connectivity index is 0.00000143. The largest absolute Gasteiger partial charge is 0.504 e. The molecule has 0 radical (unpaired) electrons. The summed E-state index contributed by atoms with van der Waals surface area (Å²) in [4.78, 5) is 8.92. The molecule has 9 rings (SSSR count). The van der Waals surface area contributed by atoms with E-state index in [1.807, 2.05) is 68.6 Å². The fourth-order valence-electron chi connectivity index (χ4n) is 7.37. The average molecular weight is 764 g/mol. The highest BCUT2D eigenvalue weighted by Crippen LogP contribution is 2.58. The lowest BCUT2D eigenvalue weighted by Crippen LogP contribution is -2.01. The van der Waals surface area contributed by atoms with Crippen LogP contribution in [-0.4, -0.2) is 55.2 Å². The smallest absolute Gasteiger partial charge is 0.205 e. The lowest BCUT2D eigenvalue weighted by molar-refractivity contribution is 0.346. The number of phenolic OH excluding ortho intramolecular Hbond substituents is 7. The first kappa shape index (κ1) is 35.6. The summed E-state index contributed by atoms with van der Waals surface area (Å²) in [7, 11) is 1.85. The third kappa shape index (κ3) is 5.11. The van der Waals surface area contributed by atoms with Crippen molar-refractivity contribution in [2.24, 2.45) is 9.98 Å². The quantitative estimate of drug-likeness (QED) is 0.0277. The fraction of sp³-hybridized carbons (Fsp3) is 0.0455. The average Bonchev–Trinajstić information content (AvgIpc) is 3.77. The Hall–Kier alpha value is -7.44. The van der Waals surface area contributed by atoms with Crippen LogP contribution in [0.2, 0.25) is 0 Å². The molecule has 12 heteroatoms. The maximum absolute atomic E-state index is 11.4. The Morgan fingerprint density at radius 2 is 1.29 bits per heavy atom. The van der Waals surface area contributed by atoms with Crippen molar-refractivity contribution < 1.29 is 40.2 Å². The third-order valence-electron chi connectivity index (χ3n) is 9.71. The van der Waals surface area contributed by atoms with Crippen molar-refractivity contribution in [3.8, 4) is 40.2 Å². The topological polar surface area (TPSA) is 191 Å². The second kappa shape index (κ2) is 13.4. The van der Waals surface area contributed by atoms with Gasteiger partial charge in [-0.25, -0.2) is 4.99 Å². The monoisotopic (exact) mass is 763 g/mol. The van der Waals surface area contributed by atoms with Gasteiger partial charge in [-0.15, -0.1) is 17.9 Å². The molecule has 0 spiro atoms. The number of hydrogen-bond donors (Lipinski definition) is 8. The molecule has 0 unspecified atom stereocenters. The van der Waals surface area contributed by atoms with Crippen LogP contribution in [0.25, 0.3) is 74.4 Å². The number of aliphatic imine (C=N–C) groups is 2. The van der Waals surface area contributed by atoms with Crippen LogP contribution < -0.4 is 5.32 Å². The van der Waals surface area contributed by atoms with Crippen molar-refractivity contribution >= 4 is 110 Å². The van der Waals surface area contributed by atoms with Crippen LogP contribution in [0.1, 0.15) is 12.5 Å². The van der Waals surface area contributed by atoms with Crippen LogP contribution >= 0.6 is 11.3 Å². The van der Waals surface area contributed by atoms with Gasteiger partial charge in [0.15, 0.2) is 28.6 Å². The number of nitrogens with zero attached hydrogens (tertiary/aromatic N) is 2. The van der Waals surface area contributed by atoms with Crippen LogP contribution in [0.15, 0.2) is 112 Å². The summed E-state index contributed by atoms with van der Waals surface area (Å²) >= 11 is 1.65. The minimum atomic E-state index is -1.15. The fourth-order valence-corrected chi connectivity index (χ4v) is 8.61. The second-order valence-electron chi connectivity index (χ2n) is 12.9. The predicted molar refractivity (Wildman–Crippen MR) is 228 cm³/mol. The lowest BCUT2D eigenvalue weighted by atomic mass is 9.94. The summed E-state index contributed by atoms with van der Waals surface area (Å²) in [5.74, 6) is -7.44. The molecule has 0 atom stereocenters. The molecular weight excluding hydrogens is 731 g/mol. The van der Waals surface area contributed by atoms with Gasteiger partial charge < -0.3 is 45.5 Å². The standard InChI is InChI=1S/C41H27N3O8S.C3H6/c1-42-14-13-23(28-29-30(35(47)37(49)33(28)45)36(48)39(51)38(50)34(29)46)44-31-26-17(15-21-19-7-3-5-9-24(19)52-40(21)31)11-12-18-16-22-20-8-4-6-10-25(20)53-41(22)32(43-2)27(18)26;1-3-2/h3-16,43,45-51H,1H2,2H3;3H,1H2,2H3/b14-13-,44-23?;. The van der Waals surface area contributed by atoms with E-state index in [9.17, 15) is 35.7 Å². The summed E-state index contributed by atoms with van der Waals surface area (Å²) < 4.78 is 8.67. The zero-order chi connectivity index (χ0) is 39.6. The number of benzene rings is 7. The molecule has 0 aliphatic rings. The highest BCUT2D eigenvalue weighted by Gasteiger charge is 2.31. The van der Waals surface area contributed by atoms with Gasteiger partial charge >= 0.3 is 0 Å². The lowest BCUT2D eigenvalue weighted by Gasteiger charge is -2.18. The van der Waals surface area contributed by atoms with Gasteiger partial charge in [0.05, 0.1) is 27.0 Å². The summed E-state index contributed by atoms with van der Waals surface area (Å²) in [6, 6.07) is 23.9. The maximum atomic E-state index is 11.4. The van der Waals surface area contributed by atoms with E-state index in [1.54, 1.807) is 17.4 Å². The molecule has 0 saturated carbocycles. The van der Waals surface area contributed by atoms with Crippen molar-refractivity contribution in [1.82, 2.24) is 0 Å². The van der Waals surface area contributed by atoms with Gasteiger partial charge in [0.1, 0.15) is 11.3 Å². The van der Waals surface area contributed by atoms with Crippen LogP contribution in [0.4, 0.5) is 11.4 Å². The van der Waals surface area contributed by atoms with E-state index < -0.39 is 56.6 Å². The Morgan fingerprint density at radius 1 is 0.696 bits per heavy atom. The van der Waals surface area contributed by atoms with Crippen LogP contribution in [-0.2, 0) is 0 Å². The number of aromatic hydroxyl groups is 7. The molecule has 278 valence electrons. The van der Waals surface area contributed by atoms with Crippen molar-refractivity contribution in [3.63, 3.8) is 0 Å². The van der Waals surface area contributed by atoms with Gasteiger partial charge in [-0.05, 0) is 54.8 Å². The molecule has 0 saturated heterocycles.